The van der Waals surface area contributed by atoms with Gasteiger partial charge in [0.1, 0.15) is 0 Å². The predicted octanol–water partition coefficient (Wildman–Crippen LogP) is -14.2. The second-order valence-electron chi connectivity index (χ2n) is 3.91. The molecular formula is C10H14MnN2Na2O9. The van der Waals surface area contributed by atoms with Crippen molar-refractivity contribution >= 4 is 23.9 Å². The Morgan fingerprint density at radius 2 is 0.750 bits per heavy atom. The van der Waals surface area contributed by atoms with Crippen LogP contribution in [0, 0.1) is 0 Å². The number of rotatable bonds is 11. The first-order valence-corrected chi connectivity index (χ1v) is 5.44. The topological polar surface area (TPSA) is 198 Å². The maximum Gasteiger partial charge on any atom is 2.00 e. The number of carboxylic acid groups (broad SMARTS) is 4. The summed E-state index contributed by atoms with van der Waals surface area (Å²) in [6, 6.07) is 0. The fourth-order valence-corrected chi connectivity index (χ4v) is 1.44. The molecule has 127 valence electrons. The Balaban J connectivity index is -0.000000301. The van der Waals surface area contributed by atoms with E-state index in [4.69, 9.17) is 0 Å². The van der Waals surface area contributed by atoms with Crippen molar-refractivity contribution in [3.05, 3.63) is 0 Å². The molecule has 11 nitrogen and oxygen atoms in total. The molecule has 0 bridgehead atoms. The van der Waals surface area contributed by atoms with Crippen molar-refractivity contribution < 1.29 is 121 Å². The van der Waals surface area contributed by atoms with E-state index in [1.165, 1.54) is 0 Å². The predicted molar refractivity (Wildman–Crippen MR) is 56.5 cm³/mol. The van der Waals surface area contributed by atoms with E-state index in [1.54, 1.807) is 0 Å². The van der Waals surface area contributed by atoms with Crippen molar-refractivity contribution in [3.8, 4) is 0 Å². The zero-order chi connectivity index (χ0) is 15.7. The van der Waals surface area contributed by atoms with Crippen molar-refractivity contribution in [2.45, 2.75) is 0 Å². The summed E-state index contributed by atoms with van der Waals surface area (Å²) in [5.41, 5.74) is 0. The smallest absolute Gasteiger partial charge is 0.549 e. The van der Waals surface area contributed by atoms with Gasteiger partial charge in [-0.3, -0.25) is 9.80 Å². The largest absolute Gasteiger partial charge is 2.00 e. The van der Waals surface area contributed by atoms with Crippen LogP contribution in [0.15, 0.2) is 0 Å². The molecule has 0 saturated heterocycles. The third-order valence-electron chi connectivity index (χ3n) is 2.14. The second kappa shape index (κ2) is 19.6. The average molecular weight is 407 g/mol. The van der Waals surface area contributed by atoms with Gasteiger partial charge in [0.2, 0.25) is 0 Å². The number of hydrogen-bond donors (Lipinski definition) is 0. The van der Waals surface area contributed by atoms with Gasteiger partial charge < -0.3 is 45.1 Å². The first-order valence-electron chi connectivity index (χ1n) is 5.44. The number of hydrogen-bond acceptors (Lipinski definition) is 10. The van der Waals surface area contributed by atoms with Gasteiger partial charge in [0.25, 0.3) is 0 Å². The minimum atomic E-state index is -1.53. The molecule has 0 heterocycles. The van der Waals surface area contributed by atoms with Crippen molar-refractivity contribution in [1.29, 1.82) is 0 Å². The monoisotopic (exact) mass is 407 g/mol. The minimum Gasteiger partial charge on any atom is -0.549 e. The fourth-order valence-electron chi connectivity index (χ4n) is 1.44. The summed E-state index contributed by atoms with van der Waals surface area (Å²) in [6.07, 6.45) is 0. The third kappa shape index (κ3) is 22.3. The first-order chi connectivity index (χ1) is 9.20. The summed E-state index contributed by atoms with van der Waals surface area (Å²) >= 11 is 0. The summed E-state index contributed by atoms with van der Waals surface area (Å²) in [6.45, 7) is -3.25. The molecule has 0 spiro atoms. The molecule has 0 aliphatic carbocycles. The van der Waals surface area contributed by atoms with Crippen LogP contribution < -0.4 is 79.5 Å². The van der Waals surface area contributed by atoms with Gasteiger partial charge in [0.05, 0.1) is 23.9 Å². The molecule has 0 aromatic rings. The van der Waals surface area contributed by atoms with Gasteiger partial charge in [0, 0.05) is 39.3 Å². The van der Waals surface area contributed by atoms with E-state index < -0.39 is 50.1 Å². The van der Waals surface area contributed by atoms with Gasteiger partial charge >= 0.3 is 76.2 Å². The van der Waals surface area contributed by atoms with Crippen LogP contribution in [-0.4, -0.2) is 78.4 Å². The van der Waals surface area contributed by atoms with E-state index in [0.717, 1.165) is 9.80 Å². The Hall–Kier alpha value is 0.279. The van der Waals surface area contributed by atoms with E-state index in [1.807, 2.05) is 0 Å². The molecule has 1 radical (unpaired) electrons. The average Bonchev–Trinajstić information content (AvgIpc) is 2.22. The van der Waals surface area contributed by atoms with Crippen LogP contribution in [0.5, 0.6) is 0 Å². The number of carboxylic acids is 4. The van der Waals surface area contributed by atoms with E-state index in [2.05, 4.69) is 0 Å². The summed E-state index contributed by atoms with van der Waals surface area (Å²) < 4.78 is 0. The summed E-state index contributed by atoms with van der Waals surface area (Å²) in [5.74, 6) is -6.12. The molecule has 2 N–H and O–H groups in total. The fraction of sp³-hybridized carbons (Fsp3) is 0.600. The molecule has 0 atom stereocenters. The molecule has 24 heavy (non-hydrogen) atoms. The summed E-state index contributed by atoms with van der Waals surface area (Å²) in [7, 11) is 0. The van der Waals surface area contributed by atoms with Crippen LogP contribution in [0.3, 0.4) is 0 Å². The maximum absolute atomic E-state index is 10.4. The van der Waals surface area contributed by atoms with Crippen LogP contribution in [-0.2, 0) is 36.2 Å². The van der Waals surface area contributed by atoms with E-state index >= 15 is 0 Å². The van der Waals surface area contributed by atoms with Gasteiger partial charge in [0.15, 0.2) is 0 Å². The Morgan fingerprint density at radius 3 is 0.875 bits per heavy atom. The number of carbonyl (C=O) groups is 4. The maximum atomic E-state index is 10.4. The van der Waals surface area contributed by atoms with Crippen LogP contribution in [0.1, 0.15) is 0 Å². The van der Waals surface area contributed by atoms with E-state index in [9.17, 15) is 39.6 Å². The number of nitrogens with zero attached hydrogens (tertiary/aromatic N) is 2. The molecule has 0 saturated carbocycles. The van der Waals surface area contributed by atoms with Gasteiger partial charge in [-0.1, -0.05) is 0 Å². The number of carbonyl (C=O) groups excluding carboxylic acids is 4. The van der Waals surface area contributed by atoms with Crippen molar-refractivity contribution in [3.63, 3.8) is 0 Å². The zero-order valence-electron chi connectivity index (χ0n) is 13.3. The molecule has 0 amide bonds. The molecule has 0 aromatic carbocycles. The Bertz CT molecular complexity index is 333. The van der Waals surface area contributed by atoms with Crippen molar-refractivity contribution in [1.82, 2.24) is 9.80 Å². The molecule has 0 rings (SSSR count). The first kappa shape index (κ1) is 35.4. The molecule has 0 fully saturated rings. The molecular weight excluding hydrogens is 393 g/mol. The summed E-state index contributed by atoms with van der Waals surface area (Å²) in [5, 5.41) is 41.6. The Morgan fingerprint density at radius 1 is 0.583 bits per heavy atom. The van der Waals surface area contributed by atoms with Crippen LogP contribution in [0.2, 0.25) is 0 Å². The van der Waals surface area contributed by atoms with Crippen molar-refractivity contribution in [2.24, 2.45) is 0 Å². The molecule has 0 aliphatic heterocycles. The van der Waals surface area contributed by atoms with Crippen molar-refractivity contribution in [2.75, 3.05) is 39.3 Å². The molecule has 0 aromatic heterocycles. The second-order valence-corrected chi connectivity index (χ2v) is 3.91. The van der Waals surface area contributed by atoms with Gasteiger partial charge in [-0.15, -0.1) is 0 Å². The summed E-state index contributed by atoms with van der Waals surface area (Å²) in [4.78, 5) is 43.4. The Kier molecular flexibility index (Phi) is 28.9. The van der Waals surface area contributed by atoms with Gasteiger partial charge in [-0.2, -0.15) is 0 Å². The standard InChI is InChI=1S/C10H16N2O8.Mn.2Na.H2O/c13-7(14)3-11(4-8(15)16)1-2-12(5-9(17)18)6-10(19)20;;;;/h1-6H2,(H,13,14)(H,15,16)(H,17,18)(H,19,20);;;;1H2/q;+2;2*+1;/p-4. The zero-order valence-corrected chi connectivity index (χ0v) is 18.5. The third-order valence-corrected chi connectivity index (χ3v) is 2.14. The van der Waals surface area contributed by atoms with E-state index in [0.29, 0.717) is 0 Å². The molecule has 0 unspecified atom stereocenters. The van der Waals surface area contributed by atoms with E-state index in [-0.39, 0.29) is 94.7 Å². The Labute approximate surface area is 192 Å². The number of aliphatic carboxylic acids is 4. The van der Waals surface area contributed by atoms with Crippen LogP contribution in [0.4, 0.5) is 0 Å². The molecule has 14 heteroatoms. The van der Waals surface area contributed by atoms with Gasteiger partial charge in [-0.05, 0) is 0 Å². The minimum absolute atomic E-state index is 0. The van der Waals surface area contributed by atoms with Gasteiger partial charge in [-0.25, -0.2) is 0 Å². The van der Waals surface area contributed by atoms with Crippen LogP contribution in [0.25, 0.3) is 0 Å². The quantitative estimate of drug-likeness (QED) is 0.296. The normalized spacial score (nSPS) is 8.92. The molecule has 0 aliphatic rings. The van der Waals surface area contributed by atoms with Crippen LogP contribution >= 0.6 is 0 Å². The SMILES string of the molecule is O.O=C([O-])CN(CCN(CC(=O)[O-])CC(=O)[O-])CC(=O)[O-].[Mn+2].[Na+].[Na+].